The standard InChI is InChI=1S/C8H9N5O3/c1-12-4(3-9-16)10-6-5(12)7(14)11-8(15)13(6)2/h3,16H,1-2H3,(H,11,14,15)/b9-3-. The van der Waals surface area contributed by atoms with Gasteiger partial charge in [-0.3, -0.25) is 14.3 Å². The van der Waals surface area contributed by atoms with Crippen LogP contribution in [0, 0.1) is 0 Å². The van der Waals surface area contributed by atoms with Gasteiger partial charge >= 0.3 is 5.69 Å². The number of aromatic nitrogens is 4. The Balaban J connectivity index is 3.02. The van der Waals surface area contributed by atoms with Gasteiger partial charge in [0.2, 0.25) is 0 Å². The molecule has 8 heteroatoms. The van der Waals surface area contributed by atoms with Crippen LogP contribution in [0.25, 0.3) is 11.2 Å². The van der Waals surface area contributed by atoms with Crippen LogP contribution in [0.5, 0.6) is 0 Å². The molecule has 0 saturated heterocycles. The van der Waals surface area contributed by atoms with Crippen LogP contribution in [-0.2, 0) is 14.1 Å². The fourth-order valence-electron chi connectivity index (χ4n) is 1.49. The zero-order chi connectivity index (χ0) is 11.9. The van der Waals surface area contributed by atoms with Crippen molar-refractivity contribution in [3.05, 3.63) is 26.7 Å². The molecule has 0 amide bonds. The minimum atomic E-state index is -0.539. The van der Waals surface area contributed by atoms with E-state index in [1.807, 2.05) is 0 Å². The van der Waals surface area contributed by atoms with Crippen molar-refractivity contribution in [3.8, 4) is 0 Å². The van der Waals surface area contributed by atoms with Gasteiger partial charge in [-0.25, -0.2) is 9.78 Å². The lowest BCUT2D eigenvalue weighted by Gasteiger charge is -1.97. The second-order valence-electron chi connectivity index (χ2n) is 3.26. The molecule has 0 radical (unpaired) electrons. The number of aryl methyl sites for hydroxylation is 2. The average molecular weight is 223 g/mol. The van der Waals surface area contributed by atoms with Crippen LogP contribution in [-0.4, -0.2) is 30.5 Å². The predicted molar refractivity (Wildman–Crippen MR) is 56.0 cm³/mol. The van der Waals surface area contributed by atoms with E-state index < -0.39 is 11.2 Å². The third-order valence-corrected chi connectivity index (χ3v) is 2.34. The molecule has 2 heterocycles. The highest BCUT2D eigenvalue weighted by Gasteiger charge is 2.13. The second-order valence-corrected chi connectivity index (χ2v) is 3.26. The summed E-state index contributed by atoms with van der Waals surface area (Å²) in [6.45, 7) is 0. The van der Waals surface area contributed by atoms with Crippen LogP contribution < -0.4 is 11.2 Å². The number of rotatable bonds is 1. The minimum absolute atomic E-state index is 0.242. The molecule has 2 rings (SSSR count). The Bertz CT molecular complexity index is 690. The van der Waals surface area contributed by atoms with Gasteiger partial charge in [0.1, 0.15) is 6.21 Å². The van der Waals surface area contributed by atoms with Gasteiger partial charge in [-0.15, -0.1) is 0 Å². The molecule has 0 fully saturated rings. The predicted octanol–water partition coefficient (Wildman–Crippen LogP) is -1.23. The molecule has 0 saturated carbocycles. The van der Waals surface area contributed by atoms with Gasteiger partial charge in [0.05, 0.1) is 0 Å². The molecule has 0 aliphatic carbocycles. The van der Waals surface area contributed by atoms with E-state index in [-0.39, 0.29) is 17.0 Å². The van der Waals surface area contributed by atoms with Crippen molar-refractivity contribution < 1.29 is 5.21 Å². The maximum atomic E-state index is 11.6. The summed E-state index contributed by atoms with van der Waals surface area (Å²) in [5.41, 5.74) is -0.572. The molecule has 84 valence electrons. The summed E-state index contributed by atoms with van der Waals surface area (Å²) >= 11 is 0. The molecule has 8 nitrogen and oxygen atoms in total. The Morgan fingerprint density at radius 1 is 1.38 bits per heavy atom. The molecule has 0 aromatic carbocycles. The number of nitrogens with one attached hydrogen (secondary N) is 1. The van der Waals surface area contributed by atoms with E-state index in [0.717, 1.165) is 6.21 Å². The molecular weight excluding hydrogens is 214 g/mol. The van der Waals surface area contributed by atoms with Crippen molar-refractivity contribution in [1.82, 2.24) is 19.1 Å². The smallest absolute Gasteiger partial charge is 0.329 e. The van der Waals surface area contributed by atoms with E-state index in [9.17, 15) is 9.59 Å². The van der Waals surface area contributed by atoms with Gasteiger partial charge in [0.25, 0.3) is 5.56 Å². The molecule has 16 heavy (non-hydrogen) atoms. The van der Waals surface area contributed by atoms with Gasteiger partial charge in [-0.2, -0.15) is 0 Å². The summed E-state index contributed by atoms with van der Waals surface area (Å²) in [7, 11) is 3.08. The van der Waals surface area contributed by atoms with Crippen molar-refractivity contribution in [2.75, 3.05) is 0 Å². The van der Waals surface area contributed by atoms with Crippen molar-refractivity contribution in [2.24, 2.45) is 19.3 Å². The van der Waals surface area contributed by atoms with E-state index in [4.69, 9.17) is 5.21 Å². The number of oxime groups is 1. The topological polar surface area (TPSA) is 105 Å². The first kappa shape index (κ1) is 10.1. The molecular formula is C8H9N5O3. The molecule has 0 spiro atoms. The van der Waals surface area contributed by atoms with Crippen molar-refractivity contribution in [2.45, 2.75) is 0 Å². The highest BCUT2D eigenvalue weighted by molar-refractivity contribution is 5.82. The Kier molecular flexibility index (Phi) is 2.11. The lowest BCUT2D eigenvalue weighted by Crippen LogP contribution is -2.29. The van der Waals surface area contributed by atoms with Gasteiger partial charge in [-0.1, -0.05) is 5.16 Å². The van der Waals surface area contributed by atoms with Crippen molar-refractivity contribution in [3.63, 3.8) is 0 Å². The van der Waals surface area contributed by atoms with Crippen LogP contribution in [0.15, 0.2) is 14.7 Å². The van der Waals surface area contributed by atoms with Crippen LogP contribution in [0.4, 0.5) is 0 Å². The molecule has 0 unspecified atom stereocenters. The third kappa shape index (κ3) is 1.23. The maximum absolute atomic E-state index is 11.6. The van der Waals surface area contributed by atoms with Gasteiger partial charge < -0.3 is 9.77 Å². The van der Waals surface area contributed by atoms with E-state index >= 15 is 0 Å². The summed E-state index contributed by atoms with van der Waals surface area (Å²) in [6.07, 6.45) is 1.09. The SMILES string of the molecule is Cn1c(/C=N\O)nc2c1c(=O)[nH]c(=O)n2C. The second kappa shape index (κ2) is 3.33. The quantitative estimate of drug-likeness (QED) is 0.358. The molecule has 2 aromatic rings. The normalized spacial score (nSPS) is 11.6. The Labute approximate surface area is 88.5 Å². The zero-order valence-electron chi connectivity index (χ0n) is 8.63. The number of hydrogen-bond donors (Lipinski definition) is 2. The summed E-state index contributed by atoms with van der Waals surface area (Å²) in [4.78, 5) is 29.0. The monoisotopic (exact) mass is 223 g/mol. The minimum Gasteiger partial charge on any atom is -0.411 e. The first-order valence-corrected chi connectivity index (χ1v) is 4.39. The number of aromatic amines is 1. The largest absolute Gasteiger partial charge is 0.411 e. The number of imidazole rings is 1. The summed E-state index contributed by atoms with van der Waals surface area (Å²) < 4.78 is 2.65. The van der Waals surface area contributed by atoms with E-state index in [1.54, 1.807) is 7.05 Å². The lowest BCUT2D eigenvalue weighted by molar-refractivity contribution is 0.321. The summed E-state index contributed by atoms with van der Waals surface area (Å²) in [5, 5.41) is 11.3. The molecule has 0 atom stereocenters. The highest BCUT2D eigenvalue weighted by Crippen LogP contribution is 2.06. The molecule has 0 aliphatic rings. The summed E-state index contributed by atoms with van der Waals surface area (Å²) in [6, 6.07) is 0. The van der Waals surface area contributed by atoms with E-state index in [2.05, 4.69) is 15.1 Å². The molecule has 0 bridgehead atoms. The third-order valence-electron chi connectivity index (χ3n) is 2.34. The van der Waals surface area contributed by atoms with E-state index in [0.29, 0.717) is 0 Å². The number of fused-ring (bicyclic) bond motifs is 1. The summed E-state index contributed by atoms with van der Waals surface area (Å²) in [5.74, 6) is 0.282. The molecule has 2 N–H and O–H groups in total. The van der Waals surface area contributed by atoms with E-state index in [1.165, 1.54) is 16.2 Å². The lowest BCUT2D eigenvalue weighted by atomic mass is 10.5. The number of nitrogens with zero attached hydrogens (tertiary/aromatic N) is 4. The first-order chi connectivity index (χ1) is 7.56. The zero-order valence-corrected chi connectivity index (χ0v) is 8.63. The van der Waals surface area contributed by atoms with Crippen LogP contribution >= 0.6 is 0 Å². The fourth-order valence-corrected chi connectivity index (χ4v) is 1.49. The van der Waals surface area contributed by atoms with Crippen molar-refractivity contribution in [1.29, 1.82) is 0 Å². The molecule has 2 aromatic heterocycles. The number of hydrogen-bond acceptors (Lipinski definition) is 5. The highest BCUT2D eigenvalue weighted by atomic mass is 16.4. The fraction of sp³-hybridized carbons (Fsp3) is 0.250. The Morgan fingerprint density at radius 2 is 2.06 bits per heavy atom. The van der Waals surface area contributed by atoms with Crippen LogP contribution in [0.2, 0.25) is 0 Å². The number of H-pyrrole nitrogens is 1. The van der Waals surface area contributed by atoms with Gasteiger partial charge in [0, 0.05) is 14.1 Å². The van der Waals surface area contributed by atoms with Crippen LogP contribution in [0.1, 0.15) is 5.82 Å². The first-order valence-electron chi connectivity index (χ1n) is 4.39. The molecule has 0 aliphatic heterocycles. The Hall–Kier alpha value is -2.38. The van der Waals surface area contributed by atoms with Crippen LogP contribution in [0.3, 0.4) is 0 Å². The average Bonchev–Trinajstić information content (AvgIpc) is 2.55. The van der Waals surface area contributed by atoms with Crippen molar-refractivity contribution >= 4 is 17.4 Å². The Morgan fingerprint density at radius 3 is 2.69 bits per heavy atom. The maximum Gasteiger partial charge on any atom is 0.329 e. The van der Waals surface area contributed by atoms with Gasteiger partial charge in [-0.05, 0) is 0 Å². The van der Waals surface area contributed by atoms with Gasteiger partial charge in [0.15, 0.2) is 17.0 Å².